The van der Waals surface area contributed by atoms with Gasteiger partial charge in [-0.25, -0.2) is 0 Å². The Kier molecular flexibility index (Phi) is 2.82. The fourth-order valence-electron chi connectivity index (χ4n) is 1.08. The third-order valence-electron chi connectivity index (χ3n) is 1.65. The van der Waals surface area contributed by atoms with Crippen LogP contribution in [0.15, 0.2) is 6.20 Å². The number of nitrogens with one attached hydrogen (secondary N) is 1. The normalized spacial score (nSPS) is 11.7. The topological polar surface area (TPSA) is 37.9 Å². The van der Waals surface area contributed by atoms with Crippen molar-refractivity contribution in [3.63, 3.8) is 0 Å². The van der Waals surface area contributed by atoms with Crippen molar-refractivity contribution in [2.24, 2.45) is 0 Å². The Morgan fingerprint density at radius 3 is 2.67 bits per heavy atom. The van der Waals surface area contributed by atoms with Crippen molar-refractivity contribution >= 4 is 17.8 Å². The van der Waals surface area contributed by atoms with E-state index < -0.39 is 13.3 Å². The number of hydrogen-bond donors (Lipinski definition) is 1. The van der Waals surface area contributed by atoms with Crippen LogP contribution in [-0.2, 0) is 0 Å². The molecule has 0 saturated carbocycles. The predicted molar refractivity (Wildman–Crippen MR) is 52.7 cm³/mol. The van der Waals surface area contributed by atoms with Gasteiger partial charge >= 0.3 is 75.5 Å². The van der Waals surface area contributed by atoms with Gasteiger partial charge < -0.3 is 0 Å². The third-order valence-corrected chi connectivity index (χ3v) is 5.55. The molecule has 1 rings (SSSR count). The summed E-state index contributed by atoms with van der Waals surface area (Å²) in [5.74, 6) is 7.90. The Morgan fingerprint density at radius 2 is 2.17 bits per heavy atom. The molecule has 4 heteroatoms. The second-order valence-corrected chi connectivity index (χ2v) is 14.3. The van der Waals surface area contributed by atoms with Gasteiger partial charge in [-0.3, -0.25) is 0 Å². The molecule has 0 bridgehead atoms. The van der Waals surface area contributed by atoms with E-state index in [1.54, 1.807) is 6.20 Å². The fraction of sp³-hybridized carbons (Fsp3) is 0.625. The second kappa shape index (κ2) is 3.51. The molecule has 1 N–H and O–H groups in total. The molecule has 0 fully saturated rings. The summed E-state index contributed by atoms with van der Waals surface area (Å²) in [5.41, 5.74) is 0. The molecule has 0 spiro atoms. The van der Waals surface area contributed by atoms with Crippen LogP contribution in [0, 0.1) is 0 Å². The van der Waals surface area contributed by atoms with Crippen LogP contribution >= 0.6 is 0 Å². The van der Waals surface area contributed by atoms with Gasteiger partial charge in [0.25, 0.3) is 0 Å². The van der Waals surface area contributed by atoms with Gasteiger partial charge in [0.05, 0.1) is 0 Å². The summed E-state index contributed by atoms with van der Waals surface area (Å²) in [6.45, 7) is 2.71. The average molecular weight is 229 g/mol. The van der Waals surface area contributed by atoms with Crippen LogP contribution in [0.2, 0.25) is 17.3 Å². The van der Waals surface area contributed by atoms with Crippen LogP contribution in [0.3, 0.4) is 0 Å². The van der Waals surface area contributed by atoms with Gasteiger partial charge in [-0.05, 0) is 0 Å². The SMILES string of the molecule is CCOc1cn[nH][c]1[Ge]([CH3])([CH3])[CH3]. The molecule has 0 atom stereocenters. The summed E-state index contributed by atoms with van der Waals surface area (Å²) in [6.07, 6.45) is 1.77. The molecule has 1 heterocycles. The van der Waals surface area contributed by atoms with E-state index in [1.807, 2.05) is 6.92 Å². The molecule has 0 aromatic carbocycles. The molecular formula is C8H16GeN2O. The summed E-state index contributed by atoms with van der Waals surface area (Å²) >= 11 is -1.79. The Balaban J connectivity index is 2.91. The molecule has 0 amide bonds. The van der Waals surface area contributed by atoms with E-state index in [4.69, 9.17) is 4.74 Å². The first kappa shape index (κ1) is 9.64. The zero-order valence-corrected chi connectivity index (χ0v) is 10.2. The van der Waals surface area contributed by atoms with Crippen LogP contribution in [0.4, 0.5) is 0 Å². The first-order valence-electron chi connectivity index (χ1n) is 4.22. The summed E-state index contributed by atoms with van der Waals surface area (Å²) in [4.78, 5) is 0. The molecule has 0 saturated heterocycles. The van der Waals surface area contributed by atoms with E-state index >= 15 is 0 Å². The predicted octanol–water partition coefficient (Wildman–Crippen LogP) is 1.35. The van der Waals surface area contributed by atoms with Crippen molar-refractivity contribution in [1.82, 2.24) is 10.2 Å². The molecule has 0 aliphatic heterocycles. The van der Waals surface area contributed by atoms with E-state index in [9.17, 15) is 0 Å². The molecule has 12 heavy (non-hydrogen) atoms. The van der Waals surface area contributed by atoms with Crippen LogP contribution in [-0.4, -0.2) is 30.1 Å². The van der Waals surface area contributed by atoms with Crippen LogP contribution < -0.4 is 9.26 Å². The quantitative estimate of drug-likeness (QED) is 0.794. The number of aromatic amines is 1. The van der Waals surface area contributed by atoms with E-state index in [1.165, 1.54) is 4.53 Å². The molecule has 0 unspecified atom stereocenters. The minimum absolute atomic E-state index is 0.713. The first-order valence-corrected chi connectivity index (χ1v) is 11.6. The maximum absolute atomic E-state index is 5.46. The molecule has 0 radical (unpaired) electrons. The summed E-state index contributed by atoms with van der Waals surface area (Å²) in [6, 6.07) is 0. The second-order valence-electron chi connectivity index (χ2n) is 3.79. The Hall–Kier alpha value is -0.447. The summed E-state index contributed by atoms with van der Waals surface area (Å²) in [5, 5.41) is 7.04. The van der Waals surface area contributed by atoms with Crippen molar-refractivity contribution in [1.29, 1.82) is 0 Å². The fourth-order valence-corrected chi connectivity index (χ4v) is 3.75. The number of ether oxygens (including phenoxy) is 1. The molecule has 0 aliphatic rings. The Labute approximate surface area is 75.9 Å². The van der Waals surface area contributed by atoms with Crippen molar-refractivity contribution in [3.8, 4) is 5.75 Å². The number of nitrogens with zero attached hydrogens (tertiary/aromatic N) is 1. The number of hydrogen-bond acceptors (Lipinski definition) is 2. The van der Waals surface area contributed by atoms with Gasteiger partial charge in [-0.2, -0.15) is 0 Å². The standard InChI is InChI=1S/C8H16GeN2O/c1-5-12-7-6-10-11-8(7)9(2,3)4/h6H,5H2,1-4H3,(H,10,11). The number of aromatic nitrogens is 2. The Morgan fingerprint density at radius 1 is 1.50 bits per heavy atom. The summed E-state index contributed by atoms with van der Waals surface area (Å²) in [7, 11) is 0. The van der Waals surface area contributed by atoms with Crippen molar-refractivity contribution in [2.45, 2.75) is 24.2 Å². The molecule has 1 aromatic heterocycles. The van der Waals surface area contributed by atoms with Gasteiger partial charge in [0.1, 0.15) is 0 Å². The molecule has 3 nitrogen and oxygen atoms in total. The molecular weight excluding hydrogens is 213 g/mol. The van der Waals surface area contributed by atoms with Gasteiger partial charge in [0.2, 0.25) is 0 Å². The zero-order chi connectivity index (χ0) is 9.19. The van der Waals surface area contributed by atoms with E-state index in [-0.39, 0.29) is 0 Å². The van der Waals surface area contributed by atoms with E-state index in [2.05, 4.69) is 27.5 Å². The van der Waals surface area contributed by atoms with Gasteiger partial charge in [-0.15, -0.1) is 0 Å². The van der Waals surface area contributed by atoms with Gasteiger partial charge in [-0.1, -0.05) is 0 Å². The van der Waals surface area contributed by atoms with Gasteiger partial charge in [0.15, 0.2) is 0 Å². The van der Waals surface area contributed by atoms with Crippen molar-refractivity contribution in [3.05, 3.63) is 6.20 Å². The molecule has 68 valence electrons. The van der Waals surface area contributed by atoms with Gasteiger partial charge in [0, 0.05) is 0 Å². The third kappa shape index (κ3) is 2.03. The van der Waals surface area contributed by atoms with E-state index in [0.29, 0.717) is 6.61 Å². The van der Waals surface area contributed by atoms with Crippen molar-refractivity contribution in [2.75, 3.05) is 6.61 Å². The van der Waals surface area contributed by atoms with Crippen molar-refractivity contribution < 1.29 is 4.74 Å². The van der Waals surface area contributed by atoms with E-state index in [0.717, 1.165) is 5.75 Å². The van der Waals surface area contributed by atoms with Crippen LogP contribution in [0.1, 0.15) is 6.92 Å². The number of rotatable bonds is 3. The minimum atomic E-state index is -1.79. The van der Waals surface area contributed by atoms with Crippen LogP contribution in [0.25, 0.3) is 0 Å². The summed E-state index contributed by atoms with van der Waals surface area (Å²) < 4.78 is 6.70. The zero-order valence-electron chi connectivity index (χ0n) is 8.14. The van der Waals surface area contributed by atoms with Crippen LogP contribution in [0.5, 0.6) is 5.75 Å². The monoisotopic (exact) mass is 230 g/mol. The number of H-pyrrole nitrogens is 1. The maximum atomic E-state index is 5.46. The average Bonchev–Trinajstić information content (AvgIpc) is 2.34. The first-order chi connectivity index (χ1) is 5.55. The molecule has 1 aromatic rings. The Bertz CT molecular complexity index is 252. The molecule has 0 aliphatic carbocycles.